The van der Waals surface area contributed by atoms with E-state index >= 15 is 0 Å². The minimum Gasteiger partial charge on any atom is -0.394 e. The van der Waals surface area contributed by atoms with Crippen LogP contribution in [-0.2, 0) is 28.4 Å². The van der Waals surface area contributed by atoms with Gasteiger partial charge in [0.1, 0.15) is 24.4 Å². The lowest BCUT2D eigenvalue weighted by Crippen LogP contribution is -2.59. The standard InChI is InChI=1S/C24H32O2.C19H22O7.C17H30O2.C7H3I/c1-7-10-11-12-13-14-15-16-17-18-22(8-2)25-24-21(6)19(4)20(5)23(9-3)26-24;1-2-3-4-5-6-7-8-9-10-11-14(12-20)25-19-18(24)17(23)16(22)15(13-21)26-19;1-7-10-11-15(8-2)18-17-14(6)12(4)13(5)16(9-3)19-17;1-2-3-4-5-6-7-8/h19-24H,8-9,17-18H2,1-6H3;14-24H,10-13H2,1H3;1,12-17H,8-11H2,2-6H3;1H3/t19-,20-,21?,22?,23?,24+;14?,15?,16-,17+,18?,19-;12-,13-,14?,15?,16?,17+;/m010./s1. The lowest BCUT2D eigenvalue weighted by molar-refractivity contribution is -0.313. The summed E-state index contributed by atoms with van der Waals surface area (Å²) in [5, 5.41) is 47.8. The second-order valence-corrected chi connectivity index (χ2v) is 19.6. The molecular formula is C67H87IO11. The molecule has 3 rings (SSSR count). The van der Waals surface area contributed by atoms with E-state index < -0.39 is 43.4 Å². The number of hydrogen-bond acceptors (Lipinski definition) is 11. The third kappa shape index (κ3) is 30.4. The zero-order valence-corrected chi connectivity index (χ0v) is 51.2. The second kappa shape index (κ2) is 46.7. The van der Waals surface area contributed by atoms with E-state index in [1.165, 1.54) is 0 Å². The monoisotopic (exact) mass is 1190 g/mol. The molecule has 18 atom stereocenters. The van der Waals surface area contributed by atoms with Gasteiger partial charge in [-0.1, -0.05) is 98.8 Å². The van der Waals surface area contributed by atoms with Gasteiger partial charge < -0.3 is 54.0 Å². The topological polar surface area (TPSA) is 157 Å². The van der Waals surface area contributed by atoms with E-state index in [1.807, 2.05) is 22.6 Å². The first kappa shape index (κ1) is 74.0. The van der Waals surface area contributed by atoms with Crippen molar-refractivity contribution in [1.29, 1.82) is 0 Å². The van der Waals surface area contributed by atoms with Crippen LogP contribution in [0.15, 0.2) is 0 Å². The molecule has 0 radical (unpaired) electrons. The fourth-order valence-corrected chi connectivity index (χ4v) is 8.49. The molecule has 5 N–H and O–H groups in total. The van der Waals surface area contributed by atoms with Crippen LogP contribution < -0.4 is 0 Å². The van der Waals surface area contributed by atoms with Crippen molar-refractivity contribution in [1.82, 2.24) is 0 Å². The van der Waals surface area contributed by atoms with Crippen LogP contribution in [0.1, 0.15) is 154 Å². The molecule has 0 aliphatic carbocycles. The molecule has 3 fully saturated rings. The van der Waals surface area contributed by atoms with E-state index in [0.29, 0.717) is 54.5 Å². The Bertz CT molecular complexity index is 2380. The van der Waals surface area contributed by atoms with E-state index in [0.717, 1.165) is 51.4 Å². The number of rotatable bonds is 18. The first-order valence-electron chi connectivity index (χ1n) is 27.5. The largest absolute Gasteiger partial charge is 0.394 e. The van der Waals surface area contributed by atoms with Crippen LogP contribution in [0, 0.1) is 176 Å². The summed E-state index contributed by atoms with van der Waals surface area (Å²) < 4.78 is 38.2. The van der Waals surface area contributed by atoms with Crippen LogP contribution in [0.5, 0.6) is 0 Å². The van der Waals surface area contributed by atoms with Gasteiger partial charge in [0.15, 0.2) is 18.9 Å². The van der Waals surface area contributed by atoms with E-state index in [-0.39, 0.29) is 37.5 Å². The molecule has 79 heavy (non-hydrogen) atoms. The molecule has 3 heterocycles. The average molecular weight is 1200 g/mol. The van der Waals surface area contributed by atoms with Gasteiger partial charge in [-0.25, -0.2) is 0 Å². The van der Waals surface area contributed by atoms with Crippen LogP contribution in [0.2, 0.25) is 0 Å². The minimum absolute atomic E-state index is 0.0705. The molecule has 0 aromatic carbocycles. The average Bonchev–Trinajstić information content (AvgIpc) is 3.48. The van der Waals surface area contributed by atoms with Crippen LogP contribution in [0.25, 0.3) is 0 Å². The van der Waals surface area contributed by atoms with Gasteiger partial charge >= 0.3 is 0 Å². The highest BCUT2D eigenvalue weighted by molar-refractivity contribution is 14.1. The van der Waals surface area contributed by atoms with Gasteiger partial charge in [-0.15, -0.1) is 12.3 Å². The Morgan fingerprint density at radius 3 is 1.18 bits per heavy atom. The Morgan fingerprint density at radius 1 is 0.443 bits per heavy atom. The van der Waals surface area contributed by atoms with Crippen molar-refractivity contribution in [3.8, 4) is 141 Å². The van der Waals surface area contributed by atoms with Crippen molar-refractivity contribution in [2.75, 3.05) is 13.2 Å². The predicted molar refractivity (Wildman–Crippen MR) is 322 cm³/mol. The lowest BCUT2D eigenvalue weighted by atomic mass is 9.78. The maximum atomic E-state index is 9.90. The summed E-state index contributed by atoms with van der Waals surface area (Å²) >= 11 is 1.93. The van der Waals surface area contributed by atoms with E-state index in [2.05, 4.69) is 203 Å². The van der Waals surface area contributed by atoms with Crippen LogP contribution in [0.3, 0.4) is 0 Å². The summed E-state index contributed by atoms with van der Waals surface area (Å²) in [5.74, 6) is 61.3. The van der Waals surface area contributed by atoms with Gasteiger partial charge in [-0.05, 0) is 188 Å². The van der Waals surface area contributed by atoms with E-state index in [9.17, 15) is 20.4 Å². The third-order valence-electron chi connectivity index (χ3n) is 13.9. The molecule has 0 spiro atoms. The predicted octanol–water partition coefficient (Wildman–Crippen LogP) is 8.26. The highest BCUT2D eigenvalue weighted by atomic mass is 127. The normalized spacial score (nSPS) is 27.6. The Balaban J connectivity index is 0.00000109. The van der Waals surface area contributed by atoms with Gasteiger partial charge in [0.05, 0.1) is 43.7 Å². The summed E-state index contributed by atoms with van der Waals surface area (Å²) in [6, 6.07) is 0. The number of aliphatic hydroxyl groups is 5. The van der Waals surface area contributed by atoms with Crippen molar-refractivity contribution >= 4 is 22.6 Å². The molecule has 0 bridgehead atoms. The molecule has 11 nitrogen and oxygen atoms in total. The minimum atomic E-state index is -1.53. The quantitative estimate of drug-likeness (QED) is 0.0666. The molecule has 428 valence electrons. The Morgan fingerprint density at radius 2 is 0.810 bits per heavy atom. The lowest BCUT2D eigenvalue weighted by Gasteiger charge is -2.44. The molecule has 0 aromatic heterocycles. The highest BCUT2D eigenvalue weighted by Gasteiger charge is 2.45. The van der Waals surface area contributed by atoms with Crippen molar-refractivity contribution < 1.29 is 54.0 Å². The van der Waals surface area contributed by atoms with Crippen LogP contribution in [0.4, 0.5) is 0 Å². The zero-order valence-electron chi connectivity index (χ0n) is 49.0. The summed E-state index contributed by atoms with van der Waals surface area (Å²) in [6.45, 7) is 26.6. The Labute approximate surface area is 491 Å². The molecule has 3 aliphatic heterocycles. The fourth-order valence-electron chi connectivity index (χ4n) is 8.35. The number of halogens is 1. The Hall–Kier alpha value is -4.99. The first-order valence-corrected chi connectivity index (χ1v) is 28.6. The first-order chi connectivity index (χ1) is 38.0. The van der Waals surface area contributed by atoms with Gasteiger partial charge in [0, 0.05) is 53.7 Å². The molecule has 3 aliphatic rings. The molecule has 0 aromatic rings. The molecule has 3 saturated heterocycles. The SMILES string of the molecule is C#CCCC(CC)O[C@@H]1OC(CC)[C@@H](C)[C@H](C)C1C.CC#CC#CC#CC#CCCC(CC)O[C@@H]1OC(CC)[C@@H](C)[C@H](C)C1C.CC#CC#CC#CC#CCCC(CO)O[C@@H]1OC(CO)[C@@H](O)[C@H](O)C1O.CC#CC#CC#CI. The van der Waals surface area contributed by atoms with Gasteiger partial charge in [0.25, 0.3) is 0 Å². The third-order valence-corrected chi connectivity index (χ3v) is 14.2. The maximum Gasteiger partial charge on any atom is 0.187 e. The van der Waals surface area contributed by atoms with Crippen molar-refractivity contribution in [2.45, 2.75) is 228 Å². The summed E-state index contributed by atoms with van der Waals surface area (Å²) in [6.07, 6.45) is 6.70. The Kier molecular flexibility index (Phi) is 43.8. The number of aliphatic hydroxyl groups excluding tert-OH is 5. The molecule has 0 saturated carbocycles. The van der Waals surface area contributed by atoms with Gasteiger partial charge in [-0.3, -0.25) is 0 Å². The number of terminal acetylenes is 1. The van der Waals surface area contributed by atoms with E-state index in [4.69, 9.17) is 40.0 Å². The summed E-state index contributed by atoms with van der Waals surface area (Å²) in [5.41, 5.74) is 0. The van der Waals surface area contributed by atoms with Crippen LogP contribution >= 0.6 is 22.6 Å². The molecule has 12 heteroatoms. The van der Waals surface area contributed by atoms with E-state index in [1.54, 1.807) is 20.8 Å². The molecule has 9 unspecified atom stereocenters. The number of ether oxygens (including phenoxy) is 6. The molecular weight excluding hydrogens is 1110 g/mol. The summed E-state index contributed by atoms with van der Waals surface area (Å²) in [7, 11) is 0. The second-order valence-electron chi connectivity index (χ2n) is 19.0. The smallest absolute Gasteiger partial charge is 0.187 e. The number of hydrogen-bond donors (Lipinski definition) is 5. The summed E-state index contributed by atoms with van der Waals surface area (Å²) in [4.78, 5) is 0. The maximum absolute atomic E-state index is 9.90. The van der Waals surface area contributed by atoms with Crippen molar-refractivity contribution in [2.24, 2.45) is 35.5 Å². The van der Waals surface area contributed by atoms with Crippen molar-refractivity contribution in [3.63, 3.8) is 0 Å². The highest BCUT2D eigenvalue weighted by Crippen LogP contribution is 2.39. The van der Waals surface area contributed by atoms with Crippen LogP contribution in [-0.4, -0.2) is 113 Å². The van der Waals surface area contributed by atoms with Gasteiger partial charge in [-0.2, -0.15) is 0 Å². The van der Waals surface area contributed by atoms with Gasteiger partial charge in [0.2, 0.25) is 0 Å². The fraction of sp³-hybridized carbons (Fsp3) is 0.642. The molecule has 0 amide bonds. The van der Waals surface area contributed by atoms with Crippen molar-refractivity contribution in [3.05, 3.63) is 0 Å². The zero-order chi connectivity index (χ0) is 59.4.